The molecule has 1 heterocycles. The number of nitrogens with two attached hydrogens (primary N) is 1. The average Bonchev–Trinajstić information content (AvgIpc) is 3.24. The molecule has 3 rings (SSSR count). The smallest absolute Gasteiger partial charge is 0.320 e. The molecule has 0 aliphatic rings. The summed E-state index contributed by atoms with van der Waals surface area (Å²) in [5, 5.41) is 19.0. The van der Waals surface area contributed by atoms with E-state index >= 15 is 0 Å². The number of hydrogen-bond donors (Lipinski definition) is 3. The van der Waals surface area contributed by atoms with E-state index in [1.165, 1.54) is 4.90 Å². The van der Waals surface area contributed by atoms with E-state index in [-0.39, 0.29) is 24.2 Å². The van der Waals surface area contributed by atoms with E-state index in [2.05, 4.69) is 4.98 Å². The van der Waals surface area contributed by atoms with E-state index in [1.807, 2.05) is 51.1 Å². The van der Waals surface area contributed by atoms with Gasteiger partial charge in [-0.1, -0.05) is 51.1 Å². The van der Waals surface area contributed by atoms with E-state index in [9.17, 15) is 28.6 Å². The summed E-state index contributed by atoms with van der Waals surface area (Å²) >= 11 is 0. The number of aliphatic hydroxyl groups excluding tert-OH is 1. The zero-order valence-corrected chi connectivity index (χ0v) is 21.1. The third kappa shape index (κ3) is 6.78. The van der Waals surface area contributed by atoms with Gasteiger partial charge in [-0.3, -0.25) is 9.59 Å². The van der Waals surface area contributed by atoms with Gasteiger partial charge in [0.2, 0.25) is 5.91 Å². The van der Waals surface area contributed by atoms with Crippen molar-refractivity contribution < 1.29 is 28.6 Å². The molecule has 4 N–H and O–H groups in total. The maximum Gasteiger partial charge on any atom is 0.320 e. The number of carbonyl (C=O) groups excluding carboxylic acids is 1. The van der Waals surface area contributed by atoms with Gasteiger partial charge in [-0.25, -0.2) is 13.8 Å². The number of aliphatic carboxylic acids is 1. The lowest BCUT2D eigenvalue weighted by molar-refractivity contribution is -0.142. The highest BCUT2D eigenvalue weighted by molar-refractivity contribution is 5.78. The number of carbonyl (C=O) groups is 2. The molecule has 10 heteroatoms. The summed E-state index contributed by atoms with van der Waals surface area (Å²) < 4.78 is 30.5. The summed E-state index contributed by atoms with van der Waals surface area (Å²) in [5.41, 5.74) is 6.10. The van der Waals surface area contributed by atoms with Crippen molar-refractivity contribution in [3.8, 4) is 11.3 Å². The number of carboxylic acids is 1. The standard InChI is InChI=1S/C27H32F2N4O4/c1-27(2,3)24(33(23(35)16-34)12-11-21(30)26(36)37)25-31-22(19-13-18(28)9-10-20(19)29)15-32(25)14-17-7-5-4-6-8-17/h4-10,13,15,21,24,34H,11-12,14,16,30H2,1-3H3,(H,36,37). The Morgan fingerprint density at radius 2 is 1.81 bits per heavy atom. The van der Waals surface area contributed by atoms with Crippen LogP contribution in [0.25, 0.3) is 11.3 Å². The topological polar surface area (TPSA) is 122 Å². The van der Waals surface area contributed by atoms with Crippen LogP contribution >= 0.6 is 0 Å². The molecular weight excluding hydrogens is 482 g/mol. The minimum Gasteiger partial charge on any atom is -0.480 e. The molecule has 2 aromatic carbocycles. The third-order valence-corrected chi connectivity index (χ3v) is 6.04. The molecule has 0 spiro atoms. The van der Waals surface area contributed by atoms with Crippen molar-refractivity contribution in [2.24, 2.45) is 11.1 Å². The SMILES string of the molecule is CC(C)(C)C(c1nc(-c2cc(F)ccc2F)cn1Cc1ccccc1)N(CCC(N)C(=O)O)C(=O)CO. The first-order chi connectivity index (χ1) is 17.4. The molecule has 0 radical (unpaired) electrons. The number of imidazole rings is 1. The highest BCUT2D eigenvalue weighted by Crippen LogP contribution is 2.39. The number of carboxylic acid groups (broad SMARTS) is 1. The molecule has 37 heavy (non-hydrogen) atoms. The summed E-state index contributed by atoms with van der Waals surface area (Å²) in [6.45, 7) is 5.07. The average molecular weight is 515 g/mol. The van der Waals surface area contributed by atoms with Crippen molar-refractivity contribution in [1.82, 2.24) is 14.5 Å². The molecule has 1 amide bonds. The molecule has 0 saturated carbocycles. The summed E-state index contributed by atoms with van der Waals surface area (Å²) in [4.78, 5) is 30.3. The largest absolute Gasteiger partial charge is 0.480 e. The zero-order valence-electron chi connectivity index (χ0n) is 21.1. The van der Waals surface area contributed by atoms with Crippen LogP contribution in [0.1, 0.15) is 44.6 Å². The van der Waals surface area contributed by atoms with Gasteiger partial charge in [-0.2, -0.15) is 0 Å². The van der Waals surface area contributed by atoms with E-state index < -0.39 is 47.6 Å². The lowest BCUT2D eigenvalue weighted by Crippen LogP contribution is -2.46. The summed E-state index contributed by atoms with van der Waals surface area (Å²) in [6.07, 6.45) is 1.54. The zero-order chi connectivity index (χ0) is 27.3. The fourth-order valence-electron chi connectivity index (χ4n) is 4.26. The second-order valence-electron chi connectivity index (χ2n) is 9.97. The number of aromatic nitrogens is 2. The molecule has 0 fully saturated rings. The first kappa shape index (κ1) is 27.9. The van der Waals surface area contributed by atoms with Gasteiger partial charge in [0.15, 0.2) is 0 Å². The number of rotatable bonds is 10. The van der Waals surface area contributed by atoms with E-state index in [1.54, 1.807) is 10.8 Å². The third-order valence-electron chi connectivity index (χ3n) is 6.04. The lowest BCUT2D eigenvalue weighted by Gasteiger charge is -2.40. The lowest BCUT2D eigenvalue weighted by atomic mass is 9.84. The van der Waals surface area contributed by atoms with Gasteiger partial charge in [0.1, 0.15) is 30.1 Å². The number of hydrogen-bond acceptors (Lipinski definition) is 5. The van der Waals surface area contributed by atoms with Crippen molar-refractivity contribution in [1.29, 1.82) is 0 Å². The van der Waals surface area contributed by atoms with Gasteiger partial charge in [0, 0.05) is 24.8 Å². The molecule has 0 aliphatic carbocycles. The normalized spacial score (nSPS) is 13.3. The first-order valence-electron chi connectivity index (χ1n) is 11.9. The fourth-order valence-corrected chi connectivity index (χ4v) is 4.26. The minimum absolute atomic E-state index is 0.0337. The Morgan fingerprint density at radius 3 is 2.41 bits per heavy atom. The van der Waals surface area contributed by atoms with Crippen LogP contribution in [0, 0.1) is 17.0 Å². The van der Waals surface area contributed by atoms with Crippen LogP contribution in [-0.2, 0) is 16.1 Å². The molecule has 3 aromatic rings. The van der Waals surface area contributed by atoms with E-state index in [0.717, 1.165) is 23.8 Å². The summed E-state index contributed by atoms with van der Waals surface area (Å²) in [6, 6.07) is 10.5. The second kappa shape index (κ2) is 11.6. The molecule has 0 aliphatic heterocycles. The van der Waals surface area contributed by atoms with Crippen LogP contribution in [0.15, 0.2) is 54.7 Å². The number of benzene rings is 2. The van der Waals surface area contributed by atoms with E-state index in [4.69, 9.17) is 5.73 Å². The van der Waals surface area contributed by atoms with Gasteiger partial charge in [-0.15, -0.1) is 0 Å². The Balaban J connectivity index is 2.18. The van der Waals surface area contributed by atoms with Crippen molar-refractivity contribution >= 4 is 11.9 Å². The minimum atomic E-state index is -1.21. The highest BCUT2D eigenvalue weighted by atomic mass is 19.1. The second-order valence-corrected chi connectivity index (χ2v) is 9.97. The number of nitrogens with zero attached hydrogens (tertiary/aromatic N) is 3. The van der Waals surface area contributed by atoms with Crippen molar-refractivity contribution in [2.75, 3.05) is 13.2 Å². The Morgan fingerprint density at radius 1 is 1.14 bits per heavy atom. The van der Waals surface area contributed by atoms with Crippen LogP contribution in [0.4, 0.5) is 8.78 Å². The van der Waals surface area contributed by atoms with Gasteiger partial charge in [0.05, 0.1) is 11.7 Å². The number of aliphatic hydroxyl groups is 1. The van der Waals surface area contributed by atoms with Crippen LogP contribution in [0.5, 0.6) is 0 Å². The molecule has 8 nitrogen and oxygen atoms in total. The van der Waals surface area contributed by atoms with Gasteiger partial charge in [-0.05, 0) is 35.6 Å². The first-order valence-corrected chi connectivity index (χ1v) is 11.9. The molecule has 0 saturated heterocycles. The Bertz CT molecular complexity index is 1240. The van der Waals surface area contributed by atoms with Crippen molar-refractivity contribution in [3.05, 3.63) is 77.8 Å². The van der Waals surface area contributed by atoms with Crippen molar-refractivity contribution in [2.45, 2.75) is 45.8 Å². The molecule has 1 aromatic heterocycles. The van der Waals surface area contributed by atoms with Crippen LogP contribution in [-0.4, -0.2) is 55.7 Å². The quantitative estimate of drug-likeness (QED) is 0.380. The fraction of sp³-hybridized carbons (Fsp3) is 0.370. The Hall–Kier alpha value is -3.63. The Kier molecular flexibility index (Phi) is 8.77. The van der Waals surface area contributed by atoms with Crippen LogP contribution < -0.4 is 5.73 Å². The monoisotopic (exact) mass is 514 g/mol. The summed E-state index contributed by atoms with van der Waals surface area (Å²) in [7, 11) is 0. The van der Waals surface area contributed by atoms with Gasteiger partial charge < -0.3 is 25.4 Å². The summed E-state index contributed by atoms with van der Waals surface area (Å²) in [5.74, 6) is -2.74. The predicted molar refractivity (Wildman–Crippen MR) is 134 cm³/mol. The van der Waals surface area contributed by atoms with E-state index in [0.29, 0.717) is 12.4 Å². The molecule has 2 atom stereocenters. The molecule has 198 valence electrons. The predicted octanol–water partition coefficient (Wildman–Crippen LogP) is 3.59. The number of amides is 1. The molecule has 2 unspecified atom stereocenters. The van der Waals surface area contributed by atoms with Gasteiger partial charge in [0.25, 0.3) is 0 Å². The maximum atomic E-state index is 14.7. The Labute approximate surface area is 214 Å². The maximum absolute atomic E-state index is 14.7. The van der Waals surface area contributed by atoms with Gasteiger partial charge >= 0.3 is 5.97 Å². The van der Waals surface area contributed by atoms with Crippen LogP contribution in [0.2, 0.25) is 0 Å². The molecular formula is C27H32F2N4O4. The highest BCUT2D eigenvalue weighted by Gasteiger charge is 2.38. The van der Waals surface area contributed by atoms with Crippen molar-refractivity contribution in [3.63, 3.8) is 0 Å². The molecule has 0 bridgehead atoms. The number of halogens is 2. The van der Waals surface area contributed by atoms with Crippen LogP contribution in [0.3, 0.4) is 0 Å².